The van der Waals surface area contributed by atoms with Crippen LogP contribution < -0.4 is 0 Å². The highest BCUT2D eigenvalue weighted by molar-refractivity contribution is 5.85. The summed E-state index contributed by atoms with van der Waals surface area (Å²) in [6, 6.07) is 0. The second-order valence-corrected chi connectivity index (χ2v) is 1.57. The highest BCUT2D eigenvalue weighted by Crippen LogP contribution is 1.89. The summed E-state index contributed by atoms with van der Waals surface area (Å²) in [5, 5.41) is 9.93. The van der Waals surface area contributed by atoms with Crippen molar-refractivity contribution >= 4 is 12.4 Å². The van der Waals surface area contributed by atoms with E-state index in [-0.39, 0.29) is 12.4 Å². The van der Waals surface area contributed by atoms with Crippen LogP contribution in [0.4, 0.5) is 0 Å². The standard InChI is InChI=1S/C4H9NO2.ClH/c6-5-1-3-7-4-2-5;/h6H,1-4H2;1H. The van der Waals surface area contributed by atoms with Crippen molar-refractivity contribution in [2.75, 3.05) is 26.3 Å². The lowest BCUT2D eigenvalue weighted by Gasteiger charge is -2.19. The molecule has 4 heteroatoms. The molecule has 0 aromatic carbocycles. The normalized spacial score (nSPS) is 22.1. The summed E-state index contributed by atoms with van der Waals surface area (Å²) < 4.78 is 4.94. The van der Waals surface area contributed by atoms with Gasteiger partial charge in [-0.1, -0.05) is 0 Å². The molecule has 0 aromatic heterocycles. The average molecular weight is 140 g/mol. The molecule has 0 spiro atoms. The van der Waals surface area contributed by atoms with Gasteiger partial charge in [-0.3, -0.25) is 0 Å². The van der Waals surface area contributed by atoms with E-state index < -0.39 is 0 Å². The Hall–Kier alpha value is 0.170. The molecule has 0 radical (unpaired) electrons. The number of nitrogens with zero attached hydrogens (tertiary/aromatic N) is 1. The van der Waals surface area contributed by atoms with Crippen LogP contribution >= 0.6 is 12.4 Å². The van der Waals surface area contributed by atoms with Crippen LogP contribution in [0.3, 0.4) is 0 Å². The van der Waals surface area contributed by atoms with Gasteiger partial charge in [0.25, 0.3) is 0 Å². The van der Waals surface area contributed by atoms with E-state index in [0.29, 0.717) is 26.3 Å². The van der Waals surface area contributed by atoms with E-state index in [4.69, 9.17) is 9.94 Å². The highest BCUT2D eigenvalue weighted by atomic mass is 35.5. The maximum absolute atomic E-state index is 8.66. The van der Waals surface area contributed by atoms with Gasteiger partial charge < -0.3 is 9.94 Å². The highest BCUT2D eigenvalue weighted by Gasteiger charge is 2.04. The van der Waals surface area contributed by atoms with Crippen molar-refractivity contribution in [3.63, 3.8) is 0 Å². The Morgan fingerprint density at radius 3 is 2.00 bits per heavy atom. The van der Waals surface area contributed by atoms with Crippen LogP contribution in [-0.4, -0.2) is 36.6 Å². The molecule has 1 heterocycles. The zero-order valence-electron chi connectivity index (χ0n) is 4.54. The summed E-state index contributed by atoms with van der Waals surface area (Å²) in [4.78, 5) is 0. The molecule has 1 rings (SSSR count). The van der Waals surface area contributed by atoms with Crippen molar-refractivity contribution in [3.05, 3.63) is 0 Å². The molecule has 3 nitrogen and oxygen atoms in total. The molecule has 0 amide bonds. The second-order valence-electron chi connectivity index (χ2n) is 1.57. The average Bonchev–Trinajstić information content (AvgIpc) is 1.69. The lowest BCUT2D eigenvalue weighted by atomic mass is 10.5. The third-order valence-corrected chi connectivity index (χ3v) is 0.987. The predicted molar refractivity (Wildman–Crippen MR) is 31.4 cm³/mol. The van der Waals surface area contributed by atoms with Crippen molar-refractivity contribution in [1.82, 2.24) is 5.06 Å². The number of halogens is 1. The van der Waals surface area contributed by atoms with Crippen LogP contribution in [0.5, 0.6) is 0 Å². The molecule has 1 fully saturated rings. The van der Waals surface area contributed by atoms with Gasteiger partial charge in [0.1, 0.15) is 0 Å². The topological polar surface area (TPSA) is 32.7 Å². The van der Waals surface area contributed by atoms with Gasteiger partial charge >= 0.3 is 0 Å². The lowest BCUT2D eigenvalue weighted by molar-refractivity contribution is -0.143. The number of hydrogen-bond donors (Lipinski definition) is 1. The third kappa shape index (κ3) is 2.47. The Bertz CT molecular complexity index is 56.0. The second kappa shape index (κ2) is 4.09. The Morgan fingerprint density at radius 1 is 1.25 bits per heavy atom. The van der Waals surface area contributed by atoms with E-state index in [1.807, 2.05) is 0 Å². The van der Waals surface area contributed by atoms with Crippen LogP contribution in [0.15, 0.2) is 0 Å². The quantitative estimate of drug-likeness (QED) is 0.518. The molecule has 0 bridgehead atoms. The van der Waals surface area contributed by atoms with E-state index in [1.54, 1.807) is 0 Å². The molecule has 0 unspecified atom stereocenters. The molecule has 0 aliphatic carbocycles. The minimum atomic E-state index is 0. The summed E-state index contributed by atoms with van der Waals surface area (Å²) >= 11 is 0. The zero-order chi connectivity index (χ0) is 5.11. The molecule has 1 aliphatic rings. The fourth-order valence-electron chi connectivity index (χ4n) is 0.554. The Balaban J connectivity index is 0.000000490. The first-order valence-electron chi connectivity index (χ1n) is 2.41. The molecular weight excluding hydrogens is 130 g/mol. The Kier molecular flexibility index (Phi) is 4.18. The maximum atomic E-state index is 8.66. The lowest BCUT2D eigenvalue weighted by Crippen LogP contribution is -2.33. The van der Waals surface area contributed by atoms with Crippen molar-refractivity contribution in [2.24, 2.45) is 0 Å². The number of hydroxylamine groups is 2. The molecule has 50 valence electrons. The van der Waals surface area contributed by atoms with E-state index in [1.165, 1.54) is 5.06 Å². The smallest absolute Gasteiger partial charge is 0.0617 e. The summed E-state index contributed by atoms with van der Waals surface area (Å²) in [5.74, 6) is 0. The van der Waals surface area contributed by atoms with Crippen LogP contribution in [0.25, 0.3) is 0 Å². The van der Waals surface area contributed by atoms with E-state index in [2.05, 4.69) is 0 Å². The van der Waals surface area contributed by atoms with Gasteiger partial charge in [0.05, 0.1) is 13.2 Å². The van der Waals surface area contributed by atoms with Crippen LogP contribution in [0.1, 0.15) is 0 Å². The summed E-state index contributed by atoms with van der Waals surface area (Å²) in [5.41, 5.74) is 0. The zero-order valence-corrected chi connectivity index (χ0v) is 5.36. The van der Waals surface area contributed by atoms with E-state index in [9.17, 15) is 0 Å². The van der Waals surface area contributed by atoms with Crippen molar-refractivity contribution in [1.29, 1.82) is 0 Å². The first kappa shape index (κ1) is 8.17. The minimum absolute atomic E-state index is 0. The largest absolute Gasteiger partial charge is 0.379 e. The van der Waals surface area contributed by atoms with Crippen LogP contribution in [0.2, 0.25) is 0 Å². The SMILES string of the molecule is Cl.ON1CCOCC1. The molecule has 0 aromatic rings. The first-order chi connectivity index (χ1) is 3.39. The molecule has 1 saturated heterocycles. The summed E-state index contributed by atoms with van der Waals surface area (Å²) in [6.45, 7) is 2.63. The fraction of sp³-hybridized carbons (Fsp3) is 1.00. The van der Waals surface area contributed by atoms with E-state index in [0.717, 1.165) is 0 Å². The Morgan fingerprint density at radius 2 is 1.75 bits per heavy atom. The predicted octanol–water partition coefficient (Wildman–Crippen LogP) is 0.130. The summed E-state index contributed by atoms with van der Waals surface area (Å²) in [7, 11) is 0. The van der Waals surface area contributed by atoms with Gasteiger partial charge in [0, 0.05) is 13.1 Å². The van der Waals surface area contributed by atoms with Crippen molar-refractivity contribution in [3.8, 4) is 0 Å². The van der Waals surface area contributed by atoms with Gasteiger partial charge in [-0.25, -0.2) is 0 Å². The van der Waals surface area contributed by atoms with Crippen molar-refractivity contribution in [2.45, 2.75) is 0 Å². The molecule has 0 saturated carbocycles. The maximum Gasteiger partial charge on any atom is 0.0617 e. The van der Waals surface area contributed by atoms with Gasteiger partial charge in [-0.2, -0.15) is 5.06 Å². The number of morpholine rings is 1. The molecule has 1 N–H and O–H groups in total. The number of hydrogen-bond acceptors (Lipinski definition) is 3. The van der Waals surface area contributed by atoms with Gasteiger partial charge in [0.2, 0.25) is 0 Å². The monoisotopic (exact) mass is 139 g/mol. The summed E-state index contributed by atoms with van der Waals surface area (Å²) in [6.07, 6.45) is 0. The third-order valence-electron chi connectivity index (χ3n) is 0.987. The fourth-order valence-corrected chi connectivity index (χ4v) is 0.554. The van der Waals surface area contributed by atoms with Gasteiger partial charge in [0.15, 0.2) is 0 Å². The molecular formula is C4H10ClNO2. The van der Waals surface area contributed by atoms with Crippen molar-refractivity contribution < 1.29 is 9.94 Å². The molecule has 0 atom stereocenters. The number of ether oxygens (including phenoxy) is 1. The first-order valence-corrected chi connectivity index (χ1v) is 2.41. The van der Waals surface area contributed by atoms with E-state index >= 15 is 0 Å². The Labute approximate surface area is 54.6 Å². The van der Waals surface area contributed by atoms with Crippen LogP contribution in [0, 0.1) is 0 Å². The minimum Gasteiger partial charge on any atom is -0.379 e. The van der Waals surface area contributed by atoms with Crippen LogP contribution in [-0.2, 0) is 4.74 Å². The molecule has 1 aliphatic heterocycles. The number of rotatable bonds is 0. The van der Waals surface area contributed by atoms with Gasteiger partial charge in [-0.15, -0.1) is 12.4 Å². The van der Waals surface area contributed by atoms with Gasteiger partial charge in [-0.05, 0) is 0 Å². The molecule has 8 heavy (non-hydrogen) atoms.